The molecule has 0 radical (unpaired) electrons. The molecule has 0 bridgehead atoms. The number of allylic oxidation sites excluding steroid dienone is 1. The molecule has 31 heavy (non-hydrogen) atoms. The Morgan fingerprint density at radius 2 is 2.00 bits per heavy atom. The number of hydrogen-bond donors (Lipinski definition) is 3. The maximum Gasteiger partial charge on any atom is 0.204 e. The van der Waals surface area contributed by atoms with Gasteiger partial charge in [-0.1, -0.05) is 12.1 Å². The molecule has 1 fully saturated rings. The maximum atomic E-state index is 10.4. The zero-order valence-electron chi connectivity index (χ0n) is 18.6. The highest BCUT2D eigenvalue weighted by Gasteiger charge is 2.20. The number of aromatic nitrogens is 2. The first kappa shape index (κ1) is 22.0. The molecular weight excluding hydrogens is 392 g/mol. The van der Waals surface area contributed by atoms with Crippen LogP contribution in [0.3, 0.4) is 0 Å². The molecule has 1 unspecified atom stereocenters. The molecule has 8 heteroatoms. The molecule has 1 atom stereocenters. The fourth-order valence-electron chi connectivity index (χ4n) is 4.21. The third-order valence-electron chi connectivity index (χ3n) is 6.19. The highest BCUT2D eigenvalue weighted by molar-refractivity contribution is 5.92. The van der Waals surface area contributed by atoms with Gasteiger partial charge in [-0.05, 0) is 51.1 Å². The zero-order valence-corrected chi connectivity index (χ0v) is 18.6. The van der Waals surface area contributed by atoms with Gasteiger partial charge in [-0.3, -0.25) is 4.99 Å². The Labute approximate surface area is 183 Å². The summed E-state index contributed by atoms with van der Waals surface area (Å²) in [6.45, 7) is 8.87. The van der Waals surface area contributed by atoms with Crippen molar-refractivity contribution in [3.05, 3.63) is 35.5 Å². The van der Waals surface area contributed by atoms with E-state index >= 15 is 0 Å². The summed E-state index contributed by atoms with van der Waals surface area (Å²) in [5.74, 6) is 0.783. The Morgan fingerprint density at radius 3 is 2.77 bits per heavy atom. The average molecular weight is 427 g/mol. The Hall–Kier alpha value is -2.26. The minimum atomic E-state index is -0.567. The van der Waals surface area contributed by atoms with Crippen molar-refractivity contribution in [1.29, 1.82) is 0 Å². The van der Waals surface area contributed by atoms with Crippen LogP contribution < -0.4 is 5.32 Å². The van der Waals surface area contributed by atoms with E-state index in [1.54, 1.807) is 0 Å². The summed E-state index contributed by atoms with van der Waals surface area (Å²) in [6, 6.07) is 5.83. The molecule has 1 saturated heterocycles. The second kappa shape index (κ2) is 9.91. The summed E-state index contributed by atoms with van der Waals surface area (Å²) in [5, 5.41) is 23.4. The van der Waals surface area contributed by atoms with Gasteiger partial charge < -0.3 is 29.9 Å². The summed E-state index contributed by atoms with van der Waals surface area (Å²) in [7, 11) is 2.18. The number of piperazine rings is 1. The summed E-state index contributed by atoms with van der Waals surface area (Å²) < 4.78 is 2.09. The molecule has 0 saturated carbocycles. The number of aliphatic hydroxyl groups excluding tert-OH is 2. The Balaban J connectivity index is 1.48. The fourth-order valence-corrected chi connectivity index (χ4v) is 4.21. The van der Waals surface area contributed by atoms with E-state index in [0.717, 1.165) is 79.6 Å². The molecule has 168 valence electrons. The highest BCUT2D eigenvalue weighted by Crippen LogP contribution is 2.23. The number of fused-ring (bicyclic) bond motifs is 1. The van der Waals surface area contributed by atoms with Crippen LogP contribution in [0.5, 0.6) is 0 Å². The number of nitrogens with one attached hydrogen (secondary N) is 1. The van der Waals surface area contributed by atoms with Crippen LogP contribution in [0.4, 0.5) is 5.95 Å². The molecule has 3 heterocycles. The van der Waals surface area contributed by atoms with Crippen molar-refractivity contribution in [2.75, 3.05) is 51.6 Å². The van der Waals surface area contributed by atoms with E-state index in [1.807, 2.05) is 31.2 Å². The summed E-state index contributed by atoms with van der Waals surface area (Å²) >= 11 is 0. The fraction of sp³-hybridized carbons (Fsp3) is 0.565. The second-order valence-electron chi connectivity index (χ2n) is 8.63. The van der Waals surface area contributed by atoms with Crippen LogP contribution in [0.1, 0.15) is 25.3 Å². The van der Waals surface area contributed by atoms with E-state index < -0.39 is 6.10 Å². The van der Waals surface area contributed by atoms with Gasteiger partial charge in [0.25, 0.3) is 0 Å². The van der Waals surface area contributed by atoms with Crippen LogP contribution in [0.25, 0.3) is 11.0 Å². The van der Waals surface area contributed by atoms with E-state index in [0.29, 0.717) is 13.0 Å². The number of likely N-dealkylation sites (N-methyl/N-ethyl adjacent to an activating group) is 1. The summed E-state index contributed by atoms with van der Waals surface area (Å²) in [4.78, 5) is 14.3. The molecule has 2 aromatic rings. The number of rotatable bonds is 8. The monoisotopic (exact) mass is 426 g/mol. The van der Waals surface area contributed by atoms with Gasteiger partial charge in [0.2, 0.25) is 5.95 Å². The molecule has 2 aliphatic rings. The predicted octanol–water partition coefficient (Wildman–Crippen LogP) is 1.69. The van der Waals surface area contributed by atoms with Gasteiger partial charge in [-0.25, -0.2) is 4.98 Å². The smallest absolute Gasteiger partial charge is 0.204 e. The van der Waals surface area contributed by atoms with Crippen molar-refractivity contribution < 1.29 is 10.2 Å². The number of aliphatic hydroxyl groups is 2. The molecule has 3 N–H and O–H groups in total. The van der Waals surface area contributed by atoms with Gasteiger partial charge in [0.15, 0.2) is 0 Å². The number of anilines is 1. The quantitative estimate of drug-likeness (QED) is 0.557. The summed E-state index contributed by atoms with van der Waals surface area (Å²) in [5.41, 5.74) is 4.35. The highest BCUT2D eigenvalue weighted by atomic mass is 16.3. The SMILES string of the molecule is CC1=CCC(O)C(Cn2c(NCCCN3CCN(C)CC3)nc3cc(CO)ccc32)=N1. The lowest BCUT2D eigenvalue weighted by molar-refractivity contribution is 0.154. The largest absolute Gasteiger partial charge is 0.392 e. The number of aliphatic imine (C=N–C) groups is 1. The van der Waals surface area contributed by atoms with Crippen molar-refractivity contribution in [2.24, 2.45) is 4.99 Å². The third kappa shape index (κ3) is 5.33. The van der Waals surface area contributed by atoms with Gasteiger partial charge in [-0.2, -0.15) is 0 Å². The Kier molecular flexibility index (Phi) is 7.02. The van der Waals surface area contributed by atoms with Crippen LogP contribution >= 0.6 is 0 Å². The van der Waals surface area contributed by atoms with Crippen molar-refractivity contribution in [3.63, 3.8) is 0 Å². The van der Waals surface area contributed by atoms with Crippen molar-refractivity contribution in [1.82, 2.24) is 19.4 Å². The topological polar surface area (TPSA) is 89.2 Å². The number of hydrogen-bond acceptors (Lipinski definition) is 7. The normalized spacial score (nSPS) is 20.7. The molecule has 0 spiro atoms. The number of benzene rings is 1. The predicted molar refractivity (Wildman–Crippen MR) is 125 cm³/mol. The lowest BCUT2D eigenvalue weighted by atomic mass is 10.1. The van der Waals surface area contributed by atoms with Crippen LogP contribution in [-0.2, 0) is 13.2 Å². The first-order valence-corrected chi connectivity index (χ1v) is 11.2. The minimum Gasteiger partial charge on any atom is -0.392 e. The van der Waals surface area contributed by atoms with Crippen LogP contribution in [-0.4, -0.2) is 87.7 Å². The lowest BCUT2D eigenvalue weighted by Crippen LogP contribution is -2.44. The van der Waals surface area contributed by atoms with E-state index in [2.05, 4.69) is 31.7 Å². The third-order valence-corrected chi connectivity index (χ3v) is 6.19. The standard InChI is InChI=1S/C23H34N6O2/c1-17-4-7-22(31)20(25-17)15-29-21-6-5-18(16-30)14-19(21)26-23(29)24-8-3-9-28-12-10-27(2)11-13-28/h4-6,14,22,30-31H,3,7-13,15-16H2,1-2H3,(H,24,26). The van der Waals surface area contributed by atoms with Crippen LogP contribution in [0.2, 0.25) is 0 Å². The molecular formula is C23H34N6O2. The van der Waals surface area contributed by atoms with E-state index in [9.17, 15) is 10.2 Å². The Morgan fingerprint density at radius 1 is 1.19 bits per heavy atom. The van der Waals surface area contributed by atoms with Gasteiger partial charge >= 0.3 is 0 Å². The molecule has 1 aromatic carbocycles. The first-order valence-electron chi connectivity index (χ1n) is 11.2. The molecule has 0 amide bonds. The van der Waals surface area contributed by atoms with Crippen LogP contribution in [0, 0.1) is 0 Å². The van der Waals surface area contributed by atoms with Crippen molar-refractivity contribution >= 4 is 22.7 Å². The minimum absolute atomic E-state index is 0.00794. The second-order valence-corrected chi connectivity index (χ2v) is 8.63. The van der Waals surface area contributed by atoms with Crippen LogP contribution in [0.15, 0.2) is 35.0 Å². The first-order chi connectivity index (χ1) is 15.0. The molecule has 8 nitrogen and oxygen atoms in total. The number of nitrogens with zero attached hydrogens (tertiary/aromatic N) is 5. The molecule has 2 aliphatic heterocycles. The lowest BCUT2D eigenvalue weighted by Gasteiger charge is -2.32. The van der Waals surface area contributed by atoms with Gasteiger partial charge in [0.05, 0.1) is 36.0 Å². The van der Waals surface area contributed by atoms with E-state index in [1.165, 1.54) is 0 Å². The zero-order chi connectivity index (χ0) is 21.8. The van der Waals surface area contributed by atoms with E-state index in [4.69, 9.17) is 4.98 Å². The van der Waals surface area contributed by atoms with Gasteiger partial charge in [0, 0.05) is 38.4 Å². The molecule has 1 aromatic heterocycles. The maximum absolute atomic E-state index is 10.4. The Bertz CT molecular complexity index is 958. The number of imidazole rings is 1. The average Bonchev–Trinajstić information content (AvgIpc) is 3.11. The van der Waals surface area contributed by atoms with Gasteiger partial charge in [-0.15, -0.1) is 0 Å². The summed E-state index contributed by atoms with van der Waals surface area (Å²) in [6.07, 6.45) is 3.04. The van der Waals surface area contributed by atoms with Crippen molar-refractivity contribution in [2.45, 2.75) is 39.0 Å². The molecule has 4 rings (SSSR count). The van der Waals surface area contributed by atoms with E-state index in [-0.39, 0.29) is 6.61 Å². The van der Waals surface area contributed by atoms with Gasteiger partial charge in [0.1, 0.15) is 0 Å². The molecule has 0 aliphatic carbocycles. The van der Waals surface area contributed by atoms with Crippen molar-refractivity contribution in [3.8, 4) is 0 Å².